The molecule has 1 aromatic carbocycles. The molecule has 0 heterocycles. The minimum absolute atomic E-state index is 0.0865. The molecule has 0 N–H and O–H groups in total. The maximum absolute atomic E-state index is 10.7. The van der Waals surface area contributed by atoms with Crippen molar-refractivity contribution in [2.24, 2.45) is 5.18 Å². The number of hydrogen-bond acceptors (Lipinski definition) is 6. The summed E-state index contributed by atoms with van der Waals surface area (Å²) in [5.74, 6) is 0.556. The number of aryl methyl sites for hydroxylation is 1. The van der Waals surface area contributed by atoms with E-state index in [9.17, 15) is 13.3 Å². The Hall–Kier alpha value is -1.47. The number of benzene rings is 1. The molecule has 0 aliphatic carbocycles. The first-order valence-electron chi connectivity index (χ1n) is 5.31. The predicted octanol–water partition coefficient (Wildman–Crippen LogP) is 2.00. The molecule has 0 aliphatic heterocycles. The second kappa shape index (κ2) is 6.46. The van der Waals surface area contributed by atoms with Gasteiger partial charge in [0.1, 0.15) is 11.4 Å². The number of hydrogen-bond donors (Lipinski definition) is 0. The van der Waals surface area contributed by atoms with Crippen LogP contribution in [0.15, 0.2) is 23.4 Å². The highest BCUT2D eigenvalue weighted by atomic mass is 32.2. The van der Waals surface area contributed by atoms with Crippen LogP contribution < -0.4 is 4.74 Å². The van der Waals surface area contributed by atoms with E-state index in [1.807, 2.05) is 0 Å². The van der Waals surface area contributed by atoms with Crippen molar-refractivity contribution in [2.75, 3.05) is 20.0 Å². The summed E-state index contributed by atoms with van der Waals surface area (Å²) in [7, 11) is -1.91. The standard InChI is InChI=1S/C11H15NO5S/c1-16-10-6-5-9(11(8-10)12-13)4-3-7-17-18(2,14)15/h5-6,8H,3-4,7H2,1-2H3. The van der Waals surface area contributed by atoms with Crippen LogP contribution in [0.2, 0.25) is 0 Å². The van der Waals surface area contributed by atoms with Crippen molar-refractivity contribution in [3.05, 3.63) is 28.7 Å². The largest absolute Gasteiger partial charge is 0.497 e. The van der Waals surface area contributed by atoms with Gasteiger partial charge in [0.25, 0.3) is 10.1 Å². The highest BCUT2D eigenvalue weighted by Crippen LogP contribution is 2.25. The molecular weight excluding hydrogens is 258 g/mol. The summed E-state index contributed by atoms with van der Waals surface area (Å²) in [5, 5.41) is 2.92. The van der Waals surface area contributed by atoms with Crippen LogP contribution in [0.4, 0.5) is 5.69 Å². The third-order valence-electron chi connectivity index (χ3n) is 2.28. The molecule has 0 spiro atoms. The van der Waals surface area contributed by atoms with Crippen molar-refractivity contribution in [1.29, 1.82) is 0 Å². The van der Waals surface area contributed by atoms with Crippen molar-refractivity contribution in [1.82, 2.24) is 0 Å². The first kappa shape index (κ1) is 14.6. The van der Waals surface area contributed by atoms with E-state index in [0.717, 1.165) is 11.8 Å². The van der Waals surface area contributed by atoms with Crippen LogP contribution in [-0.4, -0.2) is 28.4 Å². The summed E-state index contributed by atoms with van der Waals surface area (Å²) < 4.78 is 31.1. The lowest BCUT2D eigenvalue weighted by Crippen LogP contribution is -2.04. The van der Waals surface area contributed by atoms with Crippen LogP contribution in [0.5, 0.6) is 5.75 Å². The van der Waals surface area contributed by atoms with Crippen LogP contribution in [0, 0.1) is 4.91 Å². The first-order chi connectivity index (χ1) is 8.46. The fourth-order valence-corrected chi connectivity index (χ4v) is 1.86. The Morgan fingerprint density at radius 3 is 2.61 bits per heavy atom. The van der Waals surface area contributed by atoms with E-state index in [4.69, 9.17) is 4.74 Å². The van der Waals surface area contributed by atoms with E-state index in [-0.39, 0.29) is 6.61 Å². The molecule has 0 aliphatic rings. The Morgan fingerprint density at radius 1 is 1.33 bits per heavy atom. The SMILES string of the molecule is COc1ccc(CCCOS(C)(=O)=O)c(N=O)c1. The second-order valence-corrected chi connectivity index (χ2v) is 5.36. The molecule has 0 atom stereocenters. The van der Waals surface area contributed by atoms with E-state index < -0.39 is 10.1 Å². The van der Waals surface area contributed by atoms with Crippen molar-refractivity contribution in [3.8, 4) is 5.75 Å². The van der Waals surface area contributed by atoms with Crippen molar-refractivity contribution in [2.45, 2.75) is 12.8 Å². The molecule has 0 fully saturated rings. The van der Waals surface area contributed by atoms with Gasteiger partial charge in [-0.3, -0.25) is 4.18 Å². The van der Waals surface area contributed by atoms with E-state index in [1.54, 1.807) is 18.2 Å². The van der Waals surface area contributed by atoms with Gasteiger partial charge in [-0.15, -0.1) is 4.91 Å². The van der Waals surface area contributed by atoms with Gasteiger partial charge in [-0.2, -0.15) is 8.42 Å². The zero-order chi connectivity index (χ0) is 13.6. The van der Waals surface area contributed by atoms with Gasteiger partial charge in [0.05, 0.1) is 20.0 Å². The lowest BCUT2D eigenvalue weighted by atomic mass is 10.1. The number of nitrogens with zero attached hydrogens (tertiary/aromatic N) is 1. The topological polar surface area (TPSA) is 82.0 Å². The second-order valence-electron chi connectivity index (χ2n) is 3.72. The molecule has 18 heavy (non-hydrogen) atoms. The lowest BCUT2D eigenvalue weighted by Gasteiger charge is -2.06. The first-order valence-corrected chi connectivity index (χ1v) is 7.12. The molecular formula is C11H15NO5S. The molecule has 1 rings (SSSR count). The number of rotatable bonds is 7. The molecule has 7 heteroatoms. The van der Waals surface area contributed by atoms with Gasteiger partial charge >= 0.3 is 0 Å². The van der Waals surface area contributed by atoms with Gasteiger partial charge in [-0.25, -0.2) is 0 Å². The molecule has 0 aromatic heterocycles. The van der Waals surface area contributed by atoms with Crippen molar-refractivity contribution in [3.63, 3.8) is 0 Å². The average molecular weight is 273 g/mol. The van der Waals surface area contributed by atoms with Gasteiger partial charge in [0.2, 0.25) is 0 Å². The fourth-order valence-electron chi connectivity index (χ4n) is 1.44. The van der Waals surface area contributed by atoms with E-state index in [1.165, 1.54) is 7.11 Å². The molecule has 100 valence electrons. The van der Waals surface area contributed by atoms with Gasteiger partial charge in [-0.1, -0.05) is 6.07 Å². The molecule has 0 radical (unpaired) electrons. The highest BCUT2D eigenvalue weighted by molar-refractivity contribution is 7.85. The Labute approximate surface area is 106 Å². The third-order valence-corrected chi connectivity index (χ3v) is 2.87. The normalized spacial score (nSPS) is 11.2. The zero-order valence-electron chi connectivity index (χ0n) is 10.3. The smallest absolute Gasteiger partial charge is 0.264 e. The fraction of sp³-hybridized carbons (Fsp3) is 0.455. The van der Waals surface area contributed by atoms with Gasteiger partial charge in [0, 0.05) is 6.07 Å². The maximum Gasteiger partial charge on any atom is 0.264 e. The minimum atomic E-state index is -3.41. The third kappa shape index (κ3) is 4.80. The van der Waals surface area contributed by atoms with Crippen LogP contribution in [0.3, 0.4) is 0 Å². The lowest BCUT2D eigenvalue weighted by molar-refractivity contribution is 0.316. The Balaban J connectivity index is 2.59. The zero-order valence-corrected chi connectivity index (χ0v) is 11.1. The number of methoxy groups -OCH3 is 1. The van der Waals surface area contributed by atoms with Crippen molar-refractivity contribution < 1.29 is 17.3 Å². The average Bonchev–Trinajstić information content (AvgIpc) is 2.33. The molecule has 0 bridgehead atoms. The number of ether oxygens (including phenoxy) is 1. The van der Waals surface area contributed by atoms with E-state index in [0.29, 0.717) is 24.3 Å². The summed E-state index contributed by atoms with van der Waals surface area (Å²) in [4.78, 5) is 10.7. The van der Waals surface area contributed by atoms with Crippen LogP contribution >= 0.6 is 0 Å². The summed E-state index contributed by atoms with van der Waals surface area (Å²) in [5.41, 5.74) is 1.04. The van der Waals surface area contributed by atoms with E-state index >= 15 is 0 Å². The molecule has 0 unspecified atom stereocenters. The van der Waals surface area contributed by atoms with Crippen LogP contribution in [-0.2, 0) is 20.7 Å². The summed E-state index contributed by atoms with van der Waals surface area (Å²) in [6, 6.07) is 5.00. The molecule has 0 saturated heterocycles. The van der Waals surface area contributed by atoms with E-state index in [2.05, 4.69) is 9.36 Å². The molecule has 0 amide bonds. The Bertz CT molecular complexity index is 512. The Morgan fingerprint density at radius 2 is 2.06 bits per heavy atom. The Kier molecular flexibility index (Phi) is 5.24. The molecule has 0 saturated carbocycles. The van der Waals surface area contributed by atoms with Gasteiger partial charge < -0.3 is 4.74 Å². The summed E-state index contributed by atoms with van der Waals surface area (Å²) in [6.45, 7) is 0.0865. The number of nitroso groups, excluding NO2 is 1. The monoisotopic (exact) mass is 273 g/mol. The maximum atomic E-state index is 10.7. The van der Waals surface area contributed by atoms with Gasteiger partial charge in [-0.05, 0) is 29.6 Å². The highest BCUT2D eigenvalue weighted by Gasteiger charge is 2.06. The summed E-state index contributed by atoms with van der Waals surface area (Å²) >= 11 is 0. The minimum Gasteiger partial charge on any atom is -0.497 e. The van der Waals surface area contributed by atoms with Crippen molar-refractivity contribution >= 4 is 15.8 Å². The quantitative estimate of drug-likeness (QED) is 0.431. The predicted molar refractivity (Wildman–Crippen MR) is 67.6 cm³/mol. The molecule has 1 aromatic rings. The molecule has 6 nitrogen and oxygen atoms in total. The van der Waals surface area contributed by atoms with Crippen LogP contribution in [0.1, 0.15) is 12.0 Å². The summed E-state index contributed by atoms with van der Waals surface area (Å²) in [6.07, 6.45) is 2.00. The van der Waals surface area contributed by atoms with Gasteiger partial charge in [0.15, 0.2) is 0 Å². The van der Waals surface area contributed by atoms with Crippen LogP contribution in [0.25, 0.3) is 0 Å².